The Kier molecular flexibility index (Phi) is 7.12. The summed E-state index contributed by atoms with van der Waals surface area (Å²) in [6, 6.07) is 3.14. The molecule has 1 atom stereocenters. The third kappa shape index (κ3) is 5.77. The predicted octanol–water partition coefficient (Wildman–Crippen LogP) is 3.16. The van der Waals surface area contributed by atoms with Crippen molar-refractivity contribution in [1.82, 2.24) is 15.3 Å². The van der Waals surface area contributed by atoms with E-state index in [1.165, 1.54) is 6.07 Å². The summed E-state index contributed by atoms with van der Waals surface area (Å²) < 4.78 is 25.6. The highest BCUT2D eigenvalue weighted by atomic mass is 32.2. The molecule has 31 heavy (non-hydrogen) atoms. The smallest absolute Gasteiger partial charge is 0.261 e. The van der Waals surface area contributed by atoms with E-state index >= 15 is 0 Å². The van der Waals surface area contributed by atoms with E-state index in [1.54, 1.807) is 24.8 Å². The van der Waals surface area contributed by atoms with Gasteiger partial charge in [-0.2, -0.15) is 11.8 Å². The number of thioether (sulfide) groups is 1. The van der Waals surface area contributed by atoms with Crippen molar-refractivity contribution in [2.24, 2.45) is 5.92 Å². The van der Waals surface area contributed by atoms with Gasteiger partial charge in [0.25, 0.3) is 5.56 Å². The first kappa shape index (κ1) is 22.1. The second-order valence-corrected chi connectivity index (χ2v) is 9.63. The van der Waals surface area contributed by atoms with Crippen molar-refractivity contribution in [3.63, 3.8) is 0 Å². The molecular formula is C22H28FN3O4S. The Bertz CT molecular complexity index is 985. The number of rotatable bonds is 7. The lowest BCUT2D eigenvalue weighted by atomic mass is 9.95. The summed E-state index contributed by atoms with van der Waals surface area (Å²) in [6.45, 7) is 3.39. The number of benzene rings is 1. The number of aromatic amines is 1. The average Bonchev–Trinajstić information content (AvgIpc) is 3.24. The van der Waals surface area contributed by atoms with Crippen LogP contribution in [0.15, 0.2) is 16.9 Å². The van der Waals surface area contributed by atoms with Crippen molar-refractivity contribution < 1.29 is 18.7 Å². The maximum Gasteiger partial charge on any atom is 0.261 e. The van der Waals surface area contributed by atoms with Crippen molar-refractivity contribution in [2.45, 2.75) is 56.1 Å². The number of H-pyrrole nitrogens is 1. The lowest BCUT2D eigenvalue weighted by molar-refractivity contribution is -0.119. The van der Waals surface area contributed by atoms with Gasteiger partial charge in [-0.25, -0.2) is 9.37 Å². The van der Waals surface area contributed by atoms with Crippen LogP contribution in [0.25, 0.3) is 10.9 Å². The normalized spacial score (nSPS) is 23.7. The number of hydrogen-bond donors (Lipinski definition) is 2. The Morgan fingerprint density at radius 2 is 2.13 bits per heavy atom. The van der Waals surface area contributed by atoms with Crippen LogP contribution < -0.4 is 15.6 Å². The number of nitrogens with one attached hydrogen (secondary N) is 2. The molecule has 0 radical (unpaired) electrons. The molecule has 1 unspecified atom stereocenters. The number of hydrogen-bond acceptors (Lipinski definition) is 6. The molecule has 0 spiro atoms. The fourth-order valence-electron chi connectivity index (χ4n) is 4.19. The van der Waals surface area contributed by atoms with E-state index in [1.807, 2.05) is 0 Å². The molecule has 1 aromatic heterocycles. The van der Waals surface area contributed by atoms with E-state index in [0.29, 0.717) is 47.2 Å². The Morgan fingerprint density at radius 3 is 2.84 bits per heavy atom. The summed E-state index contributed by atoms with van der Waals surface area (Å²) in [5, 5.41) is 3.39. The number of amides is 1. The zero-order valence-corrected chi connectivity index (χ0v) is 18.4. The first-order chi connectivity index (χ1) is 15.0. The molecular weight excluding hydrogens is 421 g/mol. The summed E-state index contributed by atoms with van der Waals surface area (Å²) >= 11 is 1.74. The Labute approximate surface area is 184 Å². The number of fused-ring (bicyclic) bond motifs is 1. The van der Waals surface area contributed by atoms with Gasteiger partial charge in [-0.05, 0) is 32.1 Å². The van der Waals surface area contributed by atoms with Crippen molar-refractivity contribution in [3.05, 3.63) is 34.1 Å². The monoisotopic (exact) mass is 449 g/mol. The molecule has 9 heteroatoms. The van der Waals surface area contributed by atoms with Crippen LogP contribution >= 0.6 is 11.8 Å². The van der Waals surface area contributed by atoms with Crippen LogP contribution in [0.1, 0.15) is 44.9 Å². The Hall–Kier alpha value is -2.13. The molecule has 1 aromatic carbocycles. The molecule has 2 heterocycles. The van der Waals surface area contributed by atoms with Gasteiger partial charge in [0.1, 0.15) is 22.8 Å². The second kappa shape index (κ2) is 9.99. The third-order valence-corrected chi connectivity index (χ3v) is 7.21. The molecule has 7 nitrogen and oxygen atoms in total. The summed E-state index contributed by atoms with van der Waals surface area (Å²) in [5.41, 5.74) is -0.158. The number of carbonyl (C=O) groups is 1. The molecule has 1 aliphatic carbocycles. The van der Waals surface area contributed by atoms with Crippen LogP contribution in [0.2, 0.25) is 0 Å². The molecule has 168 valence electrons. The van der Waals surface area contributed by atoms with Gasteiger partial charge in [0, 0.05) is 42.9 Å². The minimum Gasteiger partial charge on any atom is -0.493 e. The second-order valence-electron chi connectivity index (χ2n) is 8.34. The van der Waals surface area contributed by atoms with Crippen molar-refractivity contribution in [1.29, 1.82) is 0 Å². The molecule has 1 aliphatic heterocycles. The molecule has 1 saturated heterocycles. The van der Waals surface area contributed by atoms with E-state index in [0.717, 1.165) is 38.7 Å². The first-order valence-electron chi connectivity index (χ1n) is 10.8. The molecule has 2 N–H and O–H groups in total. The highest BCUT2D eigenvalue weighted by Gasteiger charge is 2.22. The topological polar surface area (TPSA) is 93.3 Å². The Morgan fingerprint density at radius 1 is 1.32 bits per heavy atom. The third-order valence-electron chi connectivity index (χ3n) is 5.83. The van der Waals surface area contributed by atoms with Gasteiger partial charge in [-0.1, -0.05) is 0 Å². The number of nitrogens with zero attached hydrogens (tertiary/aromatic N) is 1. The van der Waals surface area contributed by atoms with Crippen LogP contribution in [0.3, 0.4) is 0 Å². The van der Waals surface area contributed by atoms with Gasteiger partial charge in [0.15, 0.2) is 0 Å². The lowest BCUT2D eigenvalue weighted by Crippen LogP contribution is -2.36. The maximum absolute atomic E-state index is 14.5. The van der Waals surface area contributed by atoms with Crippen molar-refractivity contribution in [2.75, 3.05) is 19.8 Å². The van der Waals surface area contributed by atoms with Gasteiger partial charge < -0.3 is 19.8 Å². The van der Waals surface area contributed by atoms with E-state index in [-0.39, 0.29) is 17.3 Å². The predicted molar refractivity (Wildman–Crippen MR) is 118 cm³/mol. The summed E-state index contributed by atoms with van der Waals surface area (Å²) in [7, 11) is 0. The molecule has 0 bridgehead atoms. The van der Waals surface area contributed by atoms with Gasteiger partial charge in [0.2, 0.25) is 5.91 Å². The number of halogens is 1. The van der Waals surface area contributed by atoms with E-state index in [9.17, 15) is 14.0 Å². The fraction of sp³-hybridized carbons (Fsp3) is 0.591. The molecule has 1 saturated carbocycles. The zero-order valence-electron chi connectivity index (χ0n) is 17.6. The van der Waals surface area contributed by atoms with Crippen molar-refractivity contribution >= 4 is 28.6 Å². The van der Waals surface area contributed by atoms with E-state index in [4.69, 9.17) is 9.47 Å². The minimum absolute atomic E-state index is 0.0150. The van der Waals surface area contributed by atoms with Gasteiger partial charge in [0.05, 0.1) is 24.5 Å². The van der Waals surface area contributed by atoms with Crippen LogP contribution in [0, 0.1) is 11.7 Å². The molecule has 2 fully saturated rings. The summed E-state index contributed by atoms with van der Waals surface area (Å²) in [4.78, 5) is 30.9. The highest BCUT2D eigenvalue weighted by Crippen LogP contribution is 2.30. The molecule has 4 rings (SSSR count). The van der Waals surface area contributed by atoms with Crippen LogP contribution in [-0.2, 0) is 15.3 Å². The molecule has 2 aliphatic rings. The quantitative estimate of drug-likeness (QED) is 0.675. The summed E-state index contributed by atoms with van der Waals surface area (Å²) in [5.74, 6) is 1.16. The summed E-state index contributed by atoms with van der Waals surface area (Å²) in [6.07, 6.45) is 4.85. The van der Waals surface area contributed by atoms with Crippen LogP contribution in [0.4, 0.5) is 4.39 Å². The van der Waals surface area contributed by atoms with Gasteiger partial charge in [-0.15, -0.1) is 0 Å². The zero-order chi connectivity index (χ0) is 21.8. The fourth-order valence-corrected chi connectivity index (χ4v) is 5.32. The van der Waals surface area contributed by atoms with Crippen LogP contribution in [-0.4, -0.2) is 47.0 Å². The number of ether oxygens (including phenoxy) is 2. The SMILES string of the molecule is CC(=O)NC1CCC(SCc2nc3cc(OCC4CCOC4)cc(F)c3c(=O)[nH]2)CC1. The number of aromatic nitrogens is 2. The molecule has 2 aromatic rings. The van der Waals surface area contributed by atoms with Gasteiger partial charge >= 0.3 is 0 Å². The maximum atomic E-state index is 14.5. The Balaban J connectivity index is 1.40. The van der Waals surface area contributed by atoms with E-state index in [2.05, 4.69) is 15.3 Å². The average molecular weight is 450 g/mol. The lowest BCUT2D eigenvalue weighted by Gasteiger charge is -2.28. The number of carbonyl (C=O) groups excluding carboxylic acids is 1. The highest BCUT2D eigenvalue weighted by molar-refractivity contribution is 7.99. The molecule has 1 amide bonds. The van der Waals surface area contributed by atoms with Crippen molar-refractivity contribution in [3.8, 4) is 5.75 Å². The van der Waals surface area contributed by atoms with Gasteiger partial charge in [-0.3, -0.25) is 9.59 Å². The standard InChI is InChI=1S/C22H28FN3O4S/c1-13(27)24-15-2-4-17(5-3-15)31-12-20-25-19-9-16(30-11-14-6-7-29-10-14)8-18(23)21(19)22(28)26-20/h8-9,14-15,17H,2-7,10-12H2,1H3,(H,24,27)(H,25,26,28). The van der Waals surface area contributed by atoms with Crippen LogP contribution in [0.5, 0.6) is 5.75 Å². The largest absolute Gasteiger partial charge is 0.493 e. The minimum atomic E-state index is -0.626. The van der Waals surface area contributed by atoms with E-state index < -0.39 is 11.4 Å². The first-order valence-corrected chi connectivity index (χ1v) is 11.8.